The second kappa shape index (κ2) is 4.76. The Balaban J connectivity index is 2.26. The fraction of sp³-hybridized carbons (Fsp3) is 0.615. The maximum absolute atomic E-state index is 12.5. The molecule has 0 amide bonds. The fourth-order valence-corrected chi connectivity index (χ4v) is 3.92. The Bertz CT molecular complexity index is 563. The zero-order valence-corrected chi connectivity index (χ0v) is 12.4. The first-order valence-electron chi connectivity index (χ1n) is 6.43. The molecular formula is C13H21N3O2S. The topological polar surface area (TPSA) is 76.3 Å². The molecule has 0 radical (unpaired) electrons. The lowest BCUT2D eigenvalue weighted by atomic mass is 9.80. The normalized spacial score (nSPS) is 21.7. The summed E-state index contributed by atoms with van der Waals surface area (Å²) in [6, 6.07) is 3.20. The van der Waals surface area contributed by atoms with E-state index in [0.29, 0.717) is 19.0 Å². The molecule has 0 bridgehead atoms. The van der Waals surface area contributed by atoms with Crippen LogP contribution < -0.4 is 5.73 Å². The highest BCUT2D eigenvalue weighted by Gasteiger charge is 2.38. The second-order valence-corrected chi connectivity index (χ2v) is 7.97. The number of rotatable bonds is 2. The van der Waals surface area contributed by atoms with E-state index < -0.39 is 10.0 Å². The minimum atomic E-state index is -3.57. The molecule has 6 heteroatoms. The highest BCUT2D eigenvalue weighted by molar-refractivity contribution is 7.89. The number of nitrogens with zero attached hydrogens (tertiary/aromatic N) is 2. The van der Waals surface area contributed by atoms with Gasteiger partial charge in [-0.2, -0.15) is 4.31 Å². The molecule has 19 heavy (non-hydrogen) atoms. The highest BCUT2D eigenvalue weighted by Crippen LogP contribution is 2.36. The molecule has 1 fully saturated rings. The molecule has 1 atom stereocenters. The molecule has 2 N–H and O–H groups in total. The van der Waals surface area contributed by atoms with E-state index in [4.69, 9.17) is 5.73 Å². The zero-order chi connectivity index (χ0) is 14.3. The Morgan fingerprint density at radius 2 is 2.11 bits per heavy atom. The molecule has 1 saturated heterocycles. The summed E-state index contributed by atoms with van der Waals surface area (Å²) >= 11 is 0. The molecule has 0 spiro atoms. The molecule has 0 aromatic carbocycles. The Hall–Kier alpha value is -1.14. The number of hydrogen-bond donors (Lipinski definition) is 1. The van der Waals surface area contributed by atoms with E-state index in [-0.39, 0.29) is 16.1 Å². The average molecular weight is 283 g/mol. The second-order valence-electron chi connectivity index (χ2n) is 6.11. The van der Waals surface area contributed by atoms with Crippen LogP contribution in [-0.2, 0) is 10.0 Å². The van der Waals surface area contributed by atoms with Crippen molar-refractivity contribution >= 4 is 15.7 Å². The van der Waals surface area contributed by atoms with E-state index in [1.165, 1.54) is 10.5 Å². The molecular weight excluding hydrogens is 262 g/mol. The van der Waals surface area contributed by atoms with Crippen LogP contribution in [0.3, 0.4) is 0 Å². The van der Waals surface area contributed by atoms with Gasteiger partial charge in [-0.25, -0.2) is 13.4 Å². The largest absolute Gasteiger partial charge is 0.396 e. The van der Waals surface area contributed by atoms with Gasteiger partial charge in [0.2, 0.25) is 0 Å². The lowest BCUT2D eigenvalue weighted by Gasteiger charge is -2.26. The standard InChI is InChI=1S/C13H21N3O2S/c1-13(2,3)10-6-8-16(9-10)19(17,18)12-11(14)5-4-7-15-12/h4-5,7,10H,6,8-9,14H2,1-3H3. The molecule has 1 unspecified atom stereocenters. The third-order valence-corrected chi connectivity index (χ3v) is 5.60. The van der Waals surface area contributed by atoms with Crippen LogP contribution in [0, 0.1) is 11.3 Å². The summed E-state index contributed by atoms with van der Waals surface area (Å²) in [6.07, 6.45) is 2.34. The van der Waals surface area contributed by atoms with Gasteiger partial charge in [0.05, 0.1) is 5.69 Å². The van der Waals surface area contributed by atoms with Crippen molar-refractivity contribution in [3.63, 3.8) is 0 Å². The van der Waals surface area contributed by atoms with Gasteiger partial charge in [-0.05, 0) is 29.9 Å². The number of pyridine rings is 1. The van der Waals surface area contributed by atoms with Crippen LogP contribution in [0.5, 0.6) is 0 Å². The summed E-state index contributed by atoms with van der Waals surface area (Å²) in [4.78, 5) is 3.93. The van der Waals surface area contributed by atoms with Crippen molar-refractivity contribution in [3.8, 4) is 0 Å². The maximum Gasteiger partial charge on any atom is 0.262 e. The average Bonchev–Trinajstić information content (AvgIpc) is 2.78. The predicted molar refractivity (Wildman–Crippen MR) is 75.0 cm³/mol. The molecule has 106 valence electrons. The van der Waals surface area contributed by atoms with E-state index in [0.717, 1.165) is 6.42 Å². The summed E-state index contributed by atoms with van der Waals surface area (Å²) in [5.74, 6) is 0.368. The summed E-state index contributed by atoms with van der Waals surface area (Å²) < 4.78 is 26.5. The van der Waals surface area contributed by atoms with Crippen LogP contribution in [0.2, 0.25) is 0 Å². The minimum absolute atomic E-state index is 0.0236. The van der Waals surface area contributed by atoms with Crippen LogP contribution in [0.1, 0.15) is 27.2 Å². The van der Waals surface area contributed by atoms with Gasteiger partial charge in [0.1, 0.15) is 0 Å². The first-order valence-corrected chi connectivity index (χ1v) is 7.87. The first-order chi connectivity index (χ1) is 8.73. The summed E-state index contributed by atoms with van der Waals surface area (Å²) in [5.41, 5.74) is 6.05. The third kappa shape index (κ3) is 2.74. The fourth-order valence-electron chi connectivity index (χ4n) is 2.39. The van der Waals surface area contributed by atoms with Crippen molar-refractivity contribution < 1.29 is 8.42 Å². The van der Waals surface area contributed by atoms with E-state index >= 15 is 0 Å². The first kappa shape index (κ1) is 14.3. The molecule has 5 nitrogen and oxygen atoms in total. The number of nitrogen functional groups attached to an aromatic ring is 1. The van der Waals surface area contributed by atoms with Gasteiger partial charge in [0.15, 0.2) is 5.03 Å². The van der Waals surface area contributed by atoms with Crippen molar-refractivity contribution in [1.82, 2.24) is 9.29 Å². The predicted octanol–water partition coefficient (Wildman–Crippen LogP) is 1.72. The molecule has 1 aromatic heterocycles. The smallest absolute Gasteiger partial charge is 0.262 e. The number of aromatic nitrogens is 1. The quantitative estimate of drug-likeness (QED) is 0.896. The Kier molecular flexibility index (Phi) is 3.57. The van der Waals surface area contributed by atoms with Crippen molar-refractivity contribution in [2.24, 2.45) is 11.3 Å². The SMILES string of the molecule is CC(C)(C)C1CCN(S(=O)(=O)c2ncccc2N)C1. The van der Waals surface area contributed by atoms with Crippen LogP contribution in [0.15, 0.2) is 23.4 Å². The molecule has 2 heterocycles. The van der Waals surface area contributed by atoms with Gasteiger partial charge in [0.25, 0.3) is 10.0 Å². The Labute approximate surface area is 114 Å². The number of hydrogen-bond acceptors (Lipinski definition) is 4. The summed E-state index contributed by atoms with van der Waals surface area (Å²) in [6.45, 7) is 7.51. The molecule has 0 aliphatic carbocycles. The molecule has 1 aliphatic heterocycles. The van der Waals surface area contributed by atoms with E-state index in [9.17, 15) is 8.42 Å². The molecule has 2 rings (SSSR count). The van der Waals surface area contributed by atoms with Gasteiger partial charge >= 0.3 is 0 Å². The van der Waals surface area contributed by atoms with Crippen LogP contribution in [0.25, 0.3) is 0 Å². The lowest BCUT2D eigenvalue weighted by Crippen LogP contribution is -2.32. The molecule has 0 saturated carbocycles. The summed E-state index contributed by atoms with van der Waals surface area (Å²) in [7, 11) is -3.57. The Morgan fingerprint density at radius 3 is 2.63 bits per heavy atom. The van der Waals surface area contributed by atoms with Crippen molar-refractivity contribution in [1.29, 1.82) is 0 Å². The van der Waals surface area contributed by atoms with Crippen molar-refractivity contribution in [2.75, 3.05) is 18.8 Å². The molecule has 1 aromatic rings. The van der Waals surface area contributed by atoms with Gasteiger partial charge in [-0.3, -0.25) is 0 Å². The van der Waals surface area contributed by atoms with Gasteiger partial charge < -0.3 is 5.73 Å². The minimum Gasteiger partial charge on any atom is -0.396 e. The third-order valence-electron chi connectivity index (χ3n) is 3.76. The van der Waals surface area contributed by atoms with E-state index in [1.807, 2.05) is 0 Å². The summed E-state index contributed by atoms with van der Waals surface area (Å²) in [5, 5.41) is -0.0236. The zero-order valence-electron chi connectivity index (χ0n) is 11.6. The van der Waals surface area contributed by atoms with Crippen molar-refractivity contribution in [3.05, 3.63) is 18.3 Å². The molecule has 1 aliphatic rings. The number of nitrogens with two attached hydrogens (primary N) is 1. The van der Waals surface area contributed by atoms with Crippen LogP contribution >= 0.6 is 0 Å². The van der Waals surface area contributed by atoms with Crippen LogP contribution in [0.4, 0.5) is 5.69 Å². The maximum atomic E-state index is 12.5. The number of sulfonamides is 1. The van der Waals surface area contributed by atoms with Crippen LogP contribution in [-0.4, -0.2) is 30.8 Å². The van der Waals surface area contributed by atoms with Crippen molar-refractivity contribution in [2.45, 2.75) is 32.2 Å². The Morgan fingerprint density at radius 1 is 1.42 bits per heavy atom. The van der Waals surface area contributed by atoms with E-state index in [2.05, 4.69) is 25.8 Å². The van der Waals surface area contributed by atoms with Gasteiger partial charge in [-0.1, -0.05) is 20.8 Å². The monoisotopic (exact) mass is 283 g/mol. The van der Waals surface area contributed by atoms with Gasteiger partial charge in [0, 0.05) is 19.3 Å². The highest BCUT2D eigenvalue weighted by atomic mass is 32.2. The number of anilines is 1. The van der Waals surface area contributed by atoms with Gasteiger partial charge in [-0.15, -0.1) is 0 Å². The van der Waals surface area contributed by atoms with E-state index in [1.54, 1.807) is 12.1 Å². The lowest BCUT2D eigenvalue weighted by molar-refractivity contribution is 0.252.